The molecule has 1 nitrogen and oxygen atoms in total. The molecular formula is C13H18FN. The summed E-state index contributed by atoms with van der Waals surface area (Å²) < 4.78 is 13.7. The molecule has 1 fully saturated rings. The number of hydrogen-bond acceptors (Lipinski definition) is 1. The molecule has 0 aromatic heterocycles. The van der Waals surface area contributed by atoms with Crippen molar-refractivity contribution in [2.75, 3.05) is 7.05 Å². The van der Waals surface area contributed by atoms with Gasteiger partial charge >= 0.3 is 0 Å². The second-order valence-corrected chi connectivity index (χ2v) is 4.48. The third kappa shape index (κ3) is 2.05. The minimum atomic E-state index is -0.0770. The molecule has 1 atom stereocenters. The van der Waals surface area contributed by atoms with Crippen molar-refractivity contribution in [3.63, 3.8) is 0 Å². The lowest BCUT2D eigenvalue weighted by Gasteiger charge is -2.34. The van der Waals surface area contributed by atoms with Gasteiger partial charge in [-0.1, -0.05) is 24.1 Å². The topological polar surface area (TPSA) is 12.0 Å². The highest BCUT2D eigenvalue weighted by atomic mass is 19.1. The third-order valence-electron chi connectivity index (χ3n) is 3.42. The van der Waals surface area contributed by atoms with Gasteiger partial charge in [0.15, 0.2) is 0 Å². The van der Waals surface area contributed by atoms with E-state index in [1.54, 1.807) is 6.07 Å². The Hall–Kier alpha value is -0.890. The molecule has 82 valence electrons. The average molecular weight is 207 g/mol. The van der Waals surface area contributed by atoms with Gasteiger partial charge in [-0.05, 0) is 38.8 Å². The predicted molar refractivity (Wildman–Crippen MR) is 60.3 cm³/mol. The highest BCUT2D eigenvalue weighted by molar-refractivity contribution is 5.27. The zero-order valence-corrected chi connectivity index (χ0v) is 9.39. The lowest BCUT2D eigenvalue weighted by atomic mass is 9.77. The molecule has 1 aromatic carbocycles. The molecule has 1 aromatic rings. The molecule has 0 spiro atoms. The molecule has 0 aliphatic heterocycles. The van der Waals surface area contributed by atoms with E-state index in [4.69, 9.17) is 0 Å². The van der Waals surface area contributed by atoms with E-state index in [9.17, 15) is 4.39 Å². The first-order valence-corrected chi connectivity index (χ1v) is 5.65. The van der Waals surface area contributed by atoms with Gasteiger partial charge in [0, 0.05) is 11.6 Å². The largest absolute Gasteiger partial charge is 0.313 e. The van der Waals surface area contributed by atoms with Crippen molar-refractivity contribution in [3.8, 4) is 0 Å². The van der Waals surface area contributed by atoms with Crippen LogP contribution < -0.4 is 5.32 Å². The van der Waals surface area contributed by atoms with Gasteiger partial charge in [0.2, 0.25) is 0 Å². The molecule has 1 aliphatic rings. The van der Waals surface area contributed by atoms with Crippen molar-refractivity contribution in [2.45, 2.75) is 32.2 Å². The number of halogens is 1. The molecule has 1 N–H and O–H groups in total. The molecule has 0 saturated heterocycles. The van der Waals surface area contributed by atoms with Gasteiger partial charge in [0.25, 0.3) is 0 Å². The fourth-order valence-corrected chi connectivity index (χ4v) is 2.32. The zero-order chi connectivity index (χ0) is 10.8. The number of benzene rings is 1. The second-order valence-electron chi connectivity index (χ2n) is 4.48. The third-order valence-corrected chi connectivity index (χ3v) is 3.42. The van der Waals surface area contributed by atoms with Crippen molar-refractivity contribution >= 4 is 0 Å². The van der Waals surface area contributed by atoms with Gasteiger partial charge in [0.05, 0.1) is 0 Å². The van der Waals surface area contributed by atoms with Gasteiger partial charge in [-0.3, -0.25) is 0 Å². The summed E-state index contributed by atoms with van der Waals surface area (Å²) in [6.07, 6.45) is 3.73. The lowest BCUT2D eigenvalue weighted by molar-refractivity contribution is 0.235. The van der Waals surface area contributed by atoms with Crippen molar-refractivity contribution < 1.29 is 4.39 Å². The highest BCUT2D eigenvalue weighted by Gasteiger charge is 2.28. The summed E-state index contributed by atoms with van der Waals surface area (Å²) in [7, 11) is 1.92. The Morgan fingerprint density at radius 3 is 2.67 bits per heavy atom. The smallest absolute Gasteiger partial charge is 0.128 e. The van der Waals surface area contributed by atoms with Crippen LogP contribution in [0.1, 0.15) is 36.4 Å². The van der Waals surface area contributed by atoms with Crippen LogP contribution in [0.3, 0.4) is 0 Å². The van der Waals surface area contributed by atoms with Gasteiger partial charge in [-0.25, -0.2) is 4.39 Å². The Morgan fingerprint density at radius 1 is 1.40 bits per heavy atom. The van der Waals surface area contributed by atoms with E-state index in [2.05, 4.69) is 5.32 Å². The maximum absolute atomic E-state index is 13.7. The molecular weight excluding hydrogens is 189 g/mol. The summed E-state index contributed by atoms with van der Waals surface area (Å²) in [5, 5.41) is 3.25. The zero-order valence-electron chi connectivity index (χ0n) is 9.39. The van der Waals surface area contributed by atoms with E-state index in [1.165, 1.54) is 19.3 Å². The molecule has 15 heavy (non-hydrogen) atoms. The summed E-state index contributed by atoms with van der Waals surface area (Å²) >= 11 is 0. The average Bonchev–Trinajstić information content (AvgIpc) is 2.15. The summed E-state index contributed by atoms with van der Waals surface area (Å²) in [6.45, 7) is 2.01. The first-order chi connectivity index (χ1) is 7.22. The van der Waals surface area contributed by atoms with Crippen LogP contribution in [0.15, 0.2) is 18.2 Å². The van der Waals surface area contributed by atoms with Crippen LogP contribution in [0.5, 0.6) is 0 Å². The van der Waals surface area contributed by atoms with E-state index in [0.717, 1.165) is 11.1 Å². The number of hydrogen-bond donors (Lipinski definition) is 1. The quantitative estimate of drug-likeness (QED) is 0.802. The van der Waals surface area contributed by atoms with Crippen molar-refractivity contribution in [1.82, 2.24) is 5.32 Å². The monoisotopic (exact) mass is 207 g/mol. The summed E-state index contributed by atoms with van der Waals surface area (Å²) in [5.74, 6) is 0.540. The van der Waals surface area contributed by atoms with Crippen LogP contribution in [-0.2, 0) is 0 Å². The first kappa shape index (κ1) is 10.6. The number of nitrogens with one attached hydrogen (secondary N) is 1. The number of aryl methyl sites for hydroxylation is 1. The Bertz CT molecular complexity index is 344. The van der Waals surface area contributed by atoms with Gasteiger partial charge in [-0.2, -0.15) is 0 Å². The lowest BCUT2D eigenvalue weighted by Crippen LogP contribution is -2.30. The van der Waals surface area contributed by atoms with E-state index in [-0.39, 0.29) is 11.9 Å². The molecule has 0 heterocycles. The summed E-state index contributed by atoms with van der Waals surface area (Å²) in [6, 6.07) is 5.56. The Kier molecular flexibility index (Phi) is 3.06. The normalized spacial score (nSPS) is 18.6. The van der Waals surface area contributed by atoms with E-state index in [1.807, 2.05) is 26.1 Å². The maximum atomic E-state index is 13.7. The molecule has 2 heteroatoms. The maximum Gasteiger partial charge on any atom is 0.128 e. The molecule has 0 amide bonds. The molecule has 0 bridgehead atoms. The summed E-state index contributed by atoms with van der Waals surface area (Å²) in [4.78, 5) is 0. The van der Waals surface area contributed by atoms with Crippen LogP contribution in [0, 0.1) is 18.7 Å². The van der Waals surface area contributed by atoms with Crippen LogP contribution in [0.25, 0.3) is 0 Å². The fraction of sp³-hybridized carbons (Fsp3) is 0.538. The Labute approximate surface area is 90.7 Å². The van der Waals surface area contributed by atoms with Crippen molar-refractivity contribution in [3.05, 3.63) is 35.1 Å². The minimum Gasteiger partial charge on any atom is -0.313 e. The Balaban J connectivity index is 2.28. The number of rotatable bonds is 3. The van der Waals surface area contributed by atoms with Crippen molar-refractivity contribution in [2.24, 2.45) is 5.92 Å². The molecule has 2 rings (SSSR count). The van der Waals surface area contributed by atoms with Crippen LogP contribution in [0.4, 0.5) is 4.39 Å². The minimum absolute atomic E-state index is 0.0770. The Morgan fingerprint density at radius 2 is 2.13 bits per heavy atom. The van der Waals surface area contributed by atoms with Crippen LogP contribution >= 0.6 is 0 Å². The standard InChI is InChI=1S/C13H18FN/c1-9-6-7-12(14)11(8-9)13(15-2)10-4-3-5-10/h6-8,10,13,15H,3-5H2,1-2H3. The van der Waals surface area contributed by atoms with Gasteiger partial charge < -0.3 is 5.32 Å². The first-order valence-electron chi connectivity index (χ1n) is 5.65. The molecule has 1 aliphatic carbocycles. The van der Waals surface area contributed by atoms with Crippen molar-refractivity contribution in [1.29, 1.82) is 0 Å². The molecule has 0 radical (unpaired) electrons. The fourth-order valence-electron chi connectivity index (χ4n) is 2.32. The van der Waals surface area contributed by atoms with E-state index >= 15 is 0 Å². The predicted octanol–water partition coefficient (Wildman–Crippen LogP) is 3.19. The van der Waals surface area contributed by atoms with Gasteiger partial charge in [-0.15, -0.1) is 0 Å². The van der Waals surface area contributed by atoms with Crippen LogP contribution in [0.2, 0.25) is 0 Å². The van der Waals surface area contributed by atoms with Crippen LogP contribution in [-0.4, -0.2) is 7.05 Å². The SMILES string of the molecule is CNC(c1cc(C)ccc1F)C1CCC1. The van der Waals surface area contributed by atoms with E-state index < -0.39 is 0 Å². The van der Waals surface area contributed by atoms with E-state index in [0.29, 0.717) is 5.92 Å². The molecule has 1 saturated carbocycles. The highest BCUT2D eigenvalue weighted by Crippen LogP contribution is 2.38. The van der Waals surface area contributed by atoms with Gasteiger partial charge in [0.1, 0.15) is 5.82 Å². The second kappa shape index (κ2) is 4.31. The molecule has 1 unspecified atom stereocenters. The summed E-state index contributed by atoms with van der Waals surface area (Å²) in [5.41, 5.74) is 1.97.